The van der Waals surface area contributed by atoms with E-state index in [9.17, 15) is 0 Å². The van der Waals surface area contributed by atoms with Crippen LogP contribution in [0.25, 0.3) is 0 Å². The molecule has 0 aliphatic heterocycles. The standard InChI is InChI=1S/2CH2O3.ClH.K.2Na/c2*2-1(3)4;;;;/h2*(H2,2,3,4);1H;;;/q;;;3*+1/p-3. The van der Waals surface area contributed by atoms with Crippen LogP contribution < -0.4 is 133 Å². The third kappa shape index (κ3) is 269. The fourth-order valence-corrected chi connectivity index (χ4v) is 0. The zero-order valence-corrected chi connectivity index (χ0v) is 14.8. The molecule has 0 aromatic carbocycles. The van der Waals surface area contributed by atoms with Crippen molar-refractivity contribution in [2.45, 2.75) is 0 Å². The van der Waals surface area contributed by atoms with Crippen molar-refractivity contribution in [3.05, 3.63) is 0 Å². The van der Waals surface area contributed by atoms with E-state index >= 15 is 0 Å². The summed E-state index contributed by atoms with van der Waals surface area (Å²) in [5.74, 6) is 0. The van der Waals surface area contributed by atoms with Gasteiger partial charge in [0.2, 0.25) is 0 Å². The van der Waals surface area contributed by atoms with Gasteiger partial charge in [0.15, 0.2) is 0 Å². The van der Waals surface area contributed by atoms with Crippen LogP contribution in [-0.4, -0.2) is 22.5 Å². The Morgan fingerprint density at radius 3 is 1.00 bits per heavy atom. The third-order valence-corrected chi connectivity index (χ3v) is 0. The summed E-state index contributed by atoms with van der Waals surface area (Å²) < 4.78 is 0. The predicted octanol–water partition coefficient (Wildman–Crippen LogP) is -14.2. The Kier molecular flexibility index (Phi) is 89.0. The first kappa shape index (κ1) is 36.6. The van der Waals surface area contributed by atoms with Gasteiger partial charge in [-0.3, -0.25) is 0 Å². The fraction of sp³-hybridized carbons (Fsp3) is 0. The molecule has 0 aromatic heterocycles. The molecule has 6 nitrogen and oxygen atoms in total. The molecule has 2 N–H and O–H groups in total. The van der Waals surface area contributed by atoms with Crippen LogP contribution in [0.2, 0.25) is 0 Å². The van der Waals surface area contributed by atoms with Crippen LogP contribution in [0.3, 0.4) is 0 Å². The van der Waals surface area contributed by atoms with Crippen molar-refractivity contribution < 1.29 is 153 Å². The second-order valence-electron chi connectivity index (χ2n) is 0.533. The Labute approximate surface area is 162 Å². The van der Waals surface area contributed by atoms with Crippen LogP contribution in [0.5, 0.6) is 0 Å². The molecule has 0 spiro atoms. The predicted molar refractivity (Wildman–Crippen MR) is 16.0 cm³/mol. The summed E-state index contributed by atoms with van der Waals surface area (Å²) in [6.45, 7) is 0. The molecule has 0 fully saturated rings. The average molecular weight is 243 g/mol. The van der Waals surface area contributed by atoms with Crippen LogP contribution in [-0.2, 0) is 0 Å². The second-order valence-corrected chi connectivity index (χ2v) is 0.533. The zero-order valence-electron chi connectivity index (χ0n) is 6.91. The van der Waals surface area contributed by atoms with E-state index in [1.54, 1.807) is 0 Å². The molecule has 0 unspecified atom stereocenters. The van der Waals surface area contributed by atoms with Crippen LogP contribution >= 0.6 is 0 Å². The van der Waals surface area contributed by atoms with Crippen LogP contribution in [0.15, 0.2) is 0 Å². The van der Waals surface area contributed by atoms with Gasteiger partial charge >= 0.3 is 117 Å². The first-order chi connectivity index (χ1) is 3.46. The molecule has 0 aromatic rings. The maximum absolute atomic E-state index is 8.56. The minimum absolute atomic E-state index is 0. The van der Waals surface area contributed by atoms with Gasteiger partial charge < -0.3 is 37.6 Å². The minimum atomic E-state index is -2.33. The van der Waals surface area contributed by atoms with Gasteiger partial charge in [-0.2, -0.15) is 0 Å². The second kappa shape index (κ2) is 29.2. The van der Waals surface area contributed by atoms with E-state index in [2.05, 4.69) is 0 Å². The van der Waals surface area contributed by atoms with Gasteiger partial charge in [-0.05, 0) is 6.16 Å². The number of rotatable bonds is 0. The first-order valence-corrected chi connectivity index (χ1v) is 1.26. The Hall–Kier alpha value is 2.47. The summed E-state index contributed by atoms with van der Waals surface area (Å²) >= 11 is 0. The van der Waals surface area contributed by atoms with Gasteiger partial charge in [0.1, 0.15) is 0 Å². The van der Waals surface area contributed by atoms with Crippen molar-refractivity contribution in [3.63, 3.8) is 0 Å². The van der Waals surface area contributed by atoms with Gasteiger partial charge in [-0.1, -0.05) is 0 Å². The number of halogens is 1. The van der Waals surface area contributed by atoms with E-state index in [1.165, 1.54) is 0 Å². The summed E-state index contributed by atoms with van der Waals surface area (Å²) in [4.78, 5) is 16.9. The van der Waals surface area contributed by atoms with Crippen molar-refractivity contribution in [1.82, 2.24) is 0 Å². The van der Waals surface area contributed by atoms with Gasteiger partial charge in [0.25, 0.3) is 0 Å². The SMILES string of the molecule is O=C(O)O.O=C([O-])[O-].[Cl-].[K+].[Na+].[Na+]. The Bertz CT molecular complexity index is 81.5. The number of carbonyl (C=O) groups excluding carboxylic acids is 1. The molecule has 0 aliphatic rings. The first-order valence-electron chi connectivity index (χ1n) is 1.26. The molecule has 0 aliphatic carbocycles. The van der Waals surface area contributed by atoms with E-state index < -0.39 is 12.3 Å². The van der Waals surface area contributed by atoms with Crippen LogP contribution in [0.4, 0.5) is 9.59 Å². The largest absolute Gasteiger partial charge is 1.00 e. The zero-order chi connectivity index (χ0) is 7.15. The van der Waals surface area contributed by atoms with E-state index in [4.69, 9.17) is 30.0 Å². The Morgan fingerprint density at radius 1 is 1.00 bits per heavy atom. The quantitative estimate of drug-likeness (QED) is 0.407. The van der Waals surface area contributed by atoms with Crippen molar-refractivity contribution in [2.75, 3.05) is 0 Å². The van der Waals surface area contributed by atoms with Crippen molar-refractivity contribution in [2.24, 2.45) is 0 Å². The molecule has 0 atom stereocenters. The van der Waals surface area contributed by atoms with Crippen LogP contribution in [0, 0.1) is 0 Å². The van der Waals surface area contributed by atoms with E-state index in [0.717, 1.165) is 0 Å². The molecule has 0 saturated carbocycles. The summed E-state index contributed by atoms with van der Waals surface area (Å²) in [6.07, 6.45) is -4.17. The Balaban J connectivity index is -0.0000000112. The van der Waals surface area contributed by atoms with Crippen molar-refractivity contribution in [1.29, 1.82) is 0 Å². The van der Waals surface area contributed by atoms with Gasteiger partial charge in [0, 0.05) is 0 Å². The molecule has 0 saturated heterocycles. The molecule has 0 rings (SSSR count). The molecule has 0 amide bonds. The molecule has 0 heterocycles. The third-order valence-electron chi connectivity index (χ3n) is 0. The normalized spacial score (nSPS) is 4.00. The molecule has 56 valence electrons. The molecule has 12 heavy (non-hydrogen) atoms. The molecule has 0 bridgehead atoms. The topological polar surface area (TPSA) is 121 Å². The van der Waals surface area contributed by atoms with Gasteiger partial charge in [0.05, 0.1) is 0 Å². The maximum Gasteiger partial charge on any atom is 1.00 e. The van der Waals surface area contributed by atoms with Gasteiger partial charge in [-0.25, -0.2) is 4.79 Å². The molecular formula is C2H2ClKNa2O6. The molecular weight excluding hydrogens is 241 g/mol. The number of hydrogen-bond donors (Lipinski definition) is 2. The monoisotopic (exact) mass is 242 g/mol. The summed E-state index contributed by atoms with van der Waals surface area (Å²) in [7, 11) is 0. The maximum atomic E-state index is 8.56. The minimum Gasteiger partial charge on any atom is -1.00 e. The molecule has 10 heteroatoms. The van der Waals surface area contributed by atoms with Crippen molar-refractivity contribution in [3.8, 4) is 0 Å². The summed E-state index contributed by atoms with van der Waals surface area (Å²) in [5.41, 5.74) is 0. The summed E-state index contributed by atoms with van der Waals surface area (Å²) in [5, 5.41) is 30.6. The fourth-order valence-electron chi connectivity index (χ4n) is 0. The van der Waals surface area contributed by atoms with Gasteiger partial charge in [-0.15, -0.1) is 0 Å². The van der Waals surface area contributed by atoms with E-state index in [-0.39, 0.29) is 123 Å². The number of hydrogen-bond acceptors (Lipinski definition) is 4. The van der Waals surface area contributed by atoms with Crippen LogP contribution in [0.1, 0.15) is 0 Å². The van der Waals surface area contributed by atoms with E-state index in [1.807, 2.05) is 0 Å². The number of carbonyl (C=O) groups is 2. The number of carboxylic acid groups (broad SMARTS) is 4. The summed E-state index contributed by atoms with van der Waals surface area (Å²) in [6, 6.07) is 0. The molecule has 0 radical (unpaired) electrons. The smallest absolute Gasteiger partial charge is 1.00 e. The average Bonchev–Trinajstić information content (AvgIpc) is 1.25. The van der Waals surface area contributed by atoms with E-state index in [0.29, 0.717) is 0 Å². The Morgan fingerprint density at radius 2 is 1.00 bits per heavy atom. The van der Waals surface area contributed by atoms with Crippen molar-refractivity contribution >= 4 is 12.3 Å².